The Morgan fingerprint density at radius 1 is 1.00 bits per heavy atom. The van der Waals surface area contributed by atoms with E-state index in [0.717, 1.165) is 44.2 Å². The first-order valence-electron chi connectivity index (χ1n) is 12.5. The minimum atomic E-state index is -0.493. The van der Waals surface area contributed by atoms with Crippen LogP contribution in [0.25, 0.3) is 0 Å². The van der Waals surface area contributed by atoms with Crippen LogP contribution < -0.4 is 10.6 Å². The predicted octanol–water partition coefficient (Wildman–Crippen LogP) is 5.17. The molecule has 3 saturated carbocycles. The molecular weight excluding hydrogens is 406 g/mol. The third-order valence-corrected chi connectivity index (χ3v) is 9.03. The van der Waals surface area contributed by atoms with Crippen LogP contribution in [0.1, 0.15) is 79.1 Å². The van der Waals surface area contributed by atoms with Crippen LogP contribution in [-0.2, 0) is 9.57 Å². The van der Waals surface area contributed by atoms with Crippen molar-refractivity contribution in [2.75, 3.05) is 13.1 Å². The van der Waals surface area contributed by atoms with E-state index in [1.165, 1.54) is 18.4 Å². The summed E-state index contributed by atoms with van der Waals surface area (Å²) in [6, 6.07) is 0. The van der Waals surface area contributed by atoms with E-state index in [1.54, 1.807) is 0 Å². The average molecular weight is 446 g/mol. The molecule has 0 heterocycles. The topological polar surface area (TPSA) is 89.0 Å². The smallest absolute Gasteiger partial charge is 0.433 e. The van der Waals surface area contributed by atoms with Gasteiger partial charge in [-0.15, -0.1) is 0 Å². The Kier molecular flexibility index (Phi) is 6.55. The summed E-state index contributed by atoms with van der Waals surface area (Å²) in [5, 5.41) is 9.53. The van der Waals surface area contributed by atoms with E-state index >= 15 is 0 Å². The third kappa shape index (κ3) is 4.03. The van der Waals surface area contributed by atoms with Crippen molar-refractivity contribution in [2.24, 2.45) is 33.7 Å². The number of nitrogens with one attached hydrogen (secondary N) is 2. The van der Waals surface area contributed by atoms with Gasteiger partial charge < -0.3 is 15.4 Å². The van der Waals surface area contributed by atoms with E-state index in [9.17, 15) is 9.59 Å². The molecule has 2 unspecified atom stereocenters. The summed E-state index contributed by atoms with van der Waals surface area (Å²) < 4.78 is 5.89. The molecular formula is C25H39N3O4. The lowest BCUT2D eigenvalue weighted by Gasteiger charge is -2.57. The number of rotatable bonds is 4. The molecule has 0 aromatic rings. The zero-order chi connectivity index (χ0) is 22.9. The van der Waals surface area contributed by atoms with Gasteiger partial charge in [-0.05, 0) is 94.5 Å². The van der Waals surface area contributed by atoms with Gasteiger partial charge >= 0.3 is 12.2 Å². The maximum absolute atomic E-state index is 12.1. The average Bonchev–Trinajstić information content (AvgIpc) is 3.08. The molecule has 0 spiro atoms. The van der Waals surface area contributed by atoms with E-state index < -0.39 is 6.09 Å². The summed E-state index contributed by atoms with van der Waals surface area (Å²) in [5.74, 6) is 1.97. The Bertz CT molecular complexity index is 809. The molecule has 0 aromatic heterocycles. The fourth-order valence-corrected chi connectivity index (χ4v) is 7.38. The first kappa shape index (κ1) is 23.1. The summed E-state index contributed by atoms with van der Waals surface area (Å²) in [6.45, 7) is 9.71. The Balaban J connectivity index is 1.48. The number of amides is 2. The second-order valence-corrected chi connectivity index (χ2v) is 10.5. The number of nitrogens with zero attached hydrogens (tertiary/aromatic N) is 1. The van der Waals surface area contributed by atoms with Crippen LogP contribution in [0.3, 0.4) is 0 Å². The van der Waals surface area contributed by atoms with E-state index in [1.807, 2.05) is 13.8 Å². The second kappa shape index (κ2) is 9.06. The molecule has 0 aliphatic heterocycles. The molecule has 178 valence electrons. The standard InChI is InChI=1S/C25H39N3O4/c1-5-26-22(29)31-21-10-9-19-18-8-7-16-15-17(28-32-23(30)27-6-2)11-13-24(16,3)20(18)12-14-25(19,21)4/h15,18-21H,5-14H2,1-4H3,(H,26,29)(H,27,30)/b28-17+/t18-,19?,20?,21-,24-,25-/m0/s1. The van der Waals surface area contributed by atoms with Crippen molar-refractivity contribution in [3.63, 3.8) is 0 Å². The molecule has 3 fully saturated rings. The number of alkyl carbamates (subject to hydrolysis) is 1. The zero-order valence-electron chi connectivity index (χ0n) is 20.0. The lowest BCUT2D eigenvalue weighted by Crippen LogP contribution is -2.52. The molecule has 0 saturated heterocycles. The van der Waals surface area contributed by atoms with Gasteiger partial charge in [0.25, 0.3) is 0 Å². The zero-order valence-corrected chi connectivity index (χ0v) is 20.0. The minimum absolute atomic E-state index is 0.0289. The Labute approximate surface area is 191 Å². The number of allylic oxidation sites excluding steroid dienone is 2. The highest BCUT2D eigenvalue weighted by Crippen LogP contribution is 2.65. The van der Waals surface area contributed by atoms with Crippen molar-refractivity contribution in [1.82, 2.24) is 10.6 Å². The first-order chi connectivity index (χ1) is 15.3. The number of hydrogen-bond acceptors (Lipinski definition) is 5. The lowest BCUT2D eigenvalue weighted by molar-refractivity contribution is -0.0751. The Morgan fingerprint density at radius 3 is 2.50 bits per heavy atom. The number of ether oxygens (including phenoxy) is 1. The minimum Gasteiger partial charge on any atom is -0.446 e. The van der Waals surface area contributed by atoms with E-state index in [4.69, 9.17) is 9.57 Å². The molecule has 2 amide bonds. The molecule has 4 aliphatic carbocycles. The van der Waals surface area contributed by atoms with Gasteiger partial charge in [0.1, 0.15) is 6.10 Å². The molecule has 0 radical (unpaired) electrons. The fraction of sp³-hybridized carbons (Fsp3) is 0.800. The maximum Gasteiger partial charge on any atom is 0.433 e. The SMILES string of the molecule is CCNC(=O)O/N=C1/C=C2CC[C@@H]3C(CC[C@@]4(C)C3CC[C@@H]4OC(=O)NCC)[C@@]2(C)CC1. The Morgan fingerprint density at radius 2 is 1.75 bits per heavy atom. The number of oxime groups is 1. The largest absolute Gasteiger partial charge is 0.446 e. The second-order valence-electron chi connectivity index (χ2n) is 10.5. The van der Waals surface area contributed by atoms with Crippen LogP contribution in [0, 0.1) is 28.6 Å². The first-order valence-corrected chi connectivity index (χ1v) is 12.5. The number of hydrogen-bond donors (Lipinski definition) is 2. The number of carbonyl (C=O) groups is 2. The highest BCUT2D eigenvalue weighted by Gasteiger charge is 2.59. The van der Waals surface area contributed by atoms with Gasteiger partial charge in [0, 0.05) is 18.5 Å². The van der Waals surface area contributed by atoms with Crippen LogP contribution in [0.2, 0.25) is 0 Å². The van der Waals surface area contributed by atoms with Gasteiger partial charge in [-0.2, -0.15) is 0 Å². The van der Waals surface area contributed by atoms with Crippen molar-refractivity contribution in [3.05, 3.63) is 11.6 Å². The molecule has 6 atom stereocenters. The van der Waals surface area contributed by atoms with Gasteiger partial charge in [0.05, 0.1) is 5.71 Å². The molecule has 32 heavy (non-hydrogen) atoms. The quantitative estimate of drug-likeness (QED) is 0.462. The third-order valence-electron chi connectivity index (χ3n) is 9.03. The monoisotopic (exact) mass is 445 g/mol. The van der Waals surface area contributed by atoms with Gasteiger partial charge in [0.15, 0.2) is 0 Å². The Hall–Kier alpha value is -2.05. The van der Waals surface area contributed by atoms with Crippen LogP contribution in [-0.4, -0.2) is 37.1 Å². The molecule has 7 nitrogen and oxygen atoms in total. The van der Waals surface area contributed by atoms with Crippen LogP contribution in [0.4, 0.5) is 9.59 Å². The predicted molar refractivity (Wildman–Crippen MR) is 123 cm³/mol. The molecule has 0 aromatic carbocycles. The highest BCUT2D eigenvalue weighted by molar-refractivity contribution is 5.96. The molecule has 0 bridgehead atoms. The van der Waals surface area contributed by atoms with Gasteiger partial charge in [-0.3, -0.25) is 4.84 Å². The van der Waals surface area contributed by atoms with E-state index in [2.05, 4.69) is 35.7 Å². The molecule has 4 rings (SSSR count). The summed E-state index contributed by atoms with van der Waals surface area (Å²) in [7, 11) is 0. The summed E-state index contributed by atoms with van der Waals surface area (Å²) in [4.78, 5) is 28.7. The lowest BCUT2D eigenvalue weighted by atomic mass is 9.47. The normalized spacial score (nSPS) is 39.2. The van der Waals surface area contributed by atoms with E-state index in [0.29, 0.717) is 30.8 Å². The van der Waals surface area contributed by atoms with Crippen molar-refractivity contribution in [3.8, 4) is 0 Å². The molecule has 2 N–H and O–H groups in total. The van der Waals surface area contributed by atoms with Gasteiger partial charge in [-0.1, -0.05) is 24.6 Å². The van der Waals surface area contributed by atoms with E-state index in [-0.39, 0.29) is 23.0 Å². The number of fused-ring (bicyclic) bond motifs is 5. The van der Waals surface area contributed by atoms with Gasteiger partial charge in [0.2, 0.25) is 0 Å². The molecule has 7 heteroatoms. The van der Waals surface area contributed by atoms with Crippen LogP contribution >= 0.6 is 0 Å². The fourth-order valence-electron chi connectivity index (χ4n) is 7.38. The highest BCUT2D eigenvalue weighted by atomic mass is 16.7. The summed E-state index contributed by atoms with van der Waals surface area (Å²) in [5.41, 5.74) is 2.62. The summed E-state index contributed by atoms with van der Waals surface area (Å²) in [6.07, 6.45) is 10.1. The summed E-state index contributed by atoms with van der Waals surface area (Å²) >= 11 is 0. The van der Waals surface area contributed by atoms with Crippen molar-refractivity contribution < 1.29 is 19.2 Å². The maximum atomic E-state index is 12.1. The van der Waals surface area contributed by atoms with Crippen molar-refractivity contribution in [1.29, 1.82) is 0 Å². The van der Waals surface area contributed by atoms with Crippen molar-refractivity contribution in [2.45, 2.75) is 85.2 Å². The van der Waals surface area contributed by atoms with Gasteiger partial charge in [-0.25, -0.2) is 9.59 Å². The van der Waals surface area contributed by atoms with Crippen molar-refractivity contribution >= 4 is 17.9 Å². The molecule has 4 aliphatic rings. The van der Waals surface area contributed by atoms with Crippen LogP contribution in [0.5, 0.6) is 0 Å². The van der Waals surface area contributed by atoms with Crippen LogP contribution in [0.15, 0.2) is 16.8 Å². The number of carbonyl (C=O) groups excluding carboxylic acids is 2.